The number of imidazole rings is 1. The summed E-state index contributed by atoms with van der Waals surface area (Å²) in [6, 6.07) is 10.7. The van der Waals surface area contributed by atoms with E-state index in [1.54, 1.807) is 0 Å². The quantitative estimate of drug-likeness (QED) is 0.733. The lowest BCUT2D eigenvalue weighted by molar-refractivity contribution is -0.140. The minimum absolute atomic E-state index is 0. The van der Waals surface area contributed by atoms with Crippen LogP contribution in [-0.4, -0.2) is 64.0 Å². The third-order valence-corrected chi connectivity index (χ3v) is 6.60. The zero-order valence-corrected chi connectivity index (χ0v) is 20.1. The summed E-state index contributed by atoms with van der Waals surface area (Å²) < 4.78 is 2.03. The van der Waals surface area contributed by atoms with Crippen LogP contribution in [-0.2, 0) is 18.3 Å². The fourth-order valence-corrected chi connectivity index (χ4v) is 4.78. The number of hydrogen-bond donors (Lipinski definition) is 1. The van der Waals surface area contributed by atoms with E-state index in [-0.39, 0.29) is 42.8 Å². The number of aromatic nitrogens is 2. The number of carbonyl (C=O) groups excluding carboxylic acids is 1. The predicted molar refractivity (Wildman–Crippen MR) is 129 cm³/mol. The third-order valence-electron chi connectivity index (χ3n) is 6.60. The van der Waals surface area contributed by atoms with Gasteiger partial charge in [0.1, 0.15) is 11.9 Å². The molecule has 6 nitrogen and oxygen atoms in total. The molecule has 0 aliphatic carbocycles. The Hall–Kier alpha value is -1.60. The normalized spacial score (nSPS) is 21.1. The van der Waals surface area contributed by atoms with E-state index in [9.17, 15) is 4.79 Å². The van der Waals surface area contributed by atoms with Crippen molar-refractivity contribution in [2.75, 3.05) is 32.7 Å². The predicted octanol–water partition coefficient (Wildman–Crippen LogP) is 3.08. The number of carbonyl (C=O) groups is 1. The molecule has 0 radical (unpaired) electrons. The molecule has 0 saturated carbocycles. The molecule has 1 aromatic carbocycles. The van der Waals surface area contributed by atoms with Crippen molar-refractivity contribution in [3.8, 4) is 0 Å². The Balaban J connectivity index is 0.00000171. The first-order valence-electron chi connectivity index (χ1n) is 10.9. The number of amides is 1. The fraction of sp³-hybridized carbons (Fsp3) is 0.565. The molecule has 2 fully saturated rings. The molecule has 0 spiro atoms. The maximum absolute atomic E-state index is 13.4. The average Bonchev–Trinajstić information content (AvgIpc) is 3.20. The maximum atomic E-state index is 13.4. The Labute approximate surface area is 198 Å². The highest BCUT2D eigenvalue weighted by atomic mass is 35.5. The number of nitrogens with zero attached hydrogens (tertiary/aromatic N) is 4. The molecule has 2 aliphatic rings. The largest absolute Gasteiger partial charge is 0.336 e. The van der Waals surface area contributed by atoms with Crippen LogP contribution in [0.4, 0.5) is 0 Å². The maximum Gasteiger partial charge on any atom is 0.240 e. The molecule has 31 heavy (non-hydrogen) atoms. The van der Waals surface area contributed by atoms with E-state index >= 15 is 0 Å². The van der Waals surface area contributed by atoms with E-state index in [2.05, 4.69) is 52.5 Å². The van der Waals surface area contributed by atoms with Crippen LogP contribution in [0.15, 0.2) is 42.7 Å². The van der Waals surface area contributed by atoms with Crippen molar-refractivity contribution in [1.29, 1.82) is 0 Å². The third kappa shape index (κ3) is 6.01. The zero-order valence-electron chi connectivity index (χ0n) is 18.4. The Bertz CT molecular complexity index is 807. The van der Waals surface area contributed by atoms with E-state index < -0.39 is 0 Å². The zero-order chi connectivity index (χ0) is 20.2. The van der Waals surface area contributed by atoms with Gasteiger partial charge in [0.25, 0.3) is 0 Å². The van der Waals surface area contributed by atoms with Gasteiger partial charge in [-0.3, -0.25) is 9.69 Å². The van der Waals surface area contributed by atoms with E-state index in [0.717, 1.165) is 63.7 Å². The lowest BCUT2D eigenvalue weighted by atomic mass is 9.89. The molecular formula is C23H35Cl2N5O. The second-order valence-electron chi connectivity index (χ2n) is 8.49. The van der Waals surface area contributed by atoms with E-state index in [4.69, 9.17) is 0 Å². The minimum atomic E-state index is -0.0754. The molecule has 2 atom stereocenters. The average molecular weight is 468 g/mol. The number of aryl methyl sites for hydroxylation is 1. The number of benzene rings is 1. The van der Waals surface area contributed by atoms with Gasteiger partial charge >= 0.3 is 0 Å². The molecule has 1 aromatic heterocycles. The summed E-state index contributed by atoms with van der Waals surface area (Å²) in [4.78, 5) is 22.3. The number of halogens is 2. The summed E-state index contributed by atoms with van der Waals surface area (Å²) >= 11 is 0. The summed E-state index contributed by atoms with van der Waals surface area (Å²) in [6.07, 6.45) is 7.24. The van der Waals surface area contributed by atoms with Crippen molar-refractivity contribution < 1.29 is 4.79 Å². The number of likely N-dealkylation sites (tertiary alicyclic amines) is 1. The van der Waals surface area contributed by atoms with Crippen molar-refractivity contribution >= 4 is 30.7 Å². The highest BCUT2D eigenvalue weighted by Gasteiger charge is 2.35. The van der Waals surface area contributed by atoms with Gasteiger partial charge in [-0.15, -0.1) is 24.8 Å². The summed E-state index contributed by atoms with van der Waals surface area (Å²) in [6.45, 7) is 6.44. The second-order valence-corrected chi connectivity index (χ2v) is 8.49. The van der Waals surface area contributed by atoms with Crippen LogP contribution in [0.25, 0.3) is 0 Å². The molecule has 2 aromatic rings. The van der Waals surface area contributed by atoms with Gasteiger partial charge in [0.15, 0.2) is 0 Å². The number of rotatable bonds is 5. The number of piperidine rings is 1. The second kappa shape index (κ2) is 11.9. The molecule has 1 N–H and O–H groups in total. The highest BCUT2D eigenvalue weighted by Crippen LogP contribution is 2.26. The first-order valence-corrected chi connectivity index (χ1v) is 10.9. The van der Waals surface area contributed by atoms with Gasteiger partial charge in [0, 0.05) is 39.1 Å². The lowest BCUT2D eigenvalue weighted by Crippen LogP contribution is -2.55. The van der Waals surface area contributed by atoms with Crippen LogP contribution in [0.5, 0.6) is 0 Å². The number of hydrogen-bond acceptors (Lipinski definition) is 4. The molecule has 2 unspecified atom stereocenters. The van der Waals surface area contributed by atoms with Crippen LogP contribution in [0.1, 0.15) is 37.2 Å². The molecule has 172 valence electrons. The van der Waals surface area contributed by atoms with Crippen molar-refractivity contribution in [3.63, 3.8) is 0 Å². The highest BCUT2D eigenvalue weighted by molar-refractivity contribution is 5.85. The van der Waals surface area contributed by atoms with E-state index in [1.165, 1.54) is 5.56 Å². The van der Waals surface area contributed by atoms with Gasteiger partial charge in [-0.1, -0.05) is 30.3 Å². The first-order chi connectivity index (χ1) is 14.1. The monoisotopic (exact) mass is 467 g/mol. The standard InChI is InChI=1S/C23H33N5O.2ClH/c1-18(27-12-8-20(9-13-27)16-19-6-4-3-5-7-19)23(29)28-15-10-24-17-21(28)22-25-11-14-26(22)2;;/h3-7,11,14,18,20-21,24H,8-10,12-13,15-17H2,1-2H3;2*1H. The molecule has 0 bridgehead atoms. The summed E-state index contributed by atoms with van der Waals surface area (Å²) in [7, 11) is 2.00. The molecule has 1 amide bonds. The Morgan fingerprint density at radius 1 is 1.16 bits per heavy atom. The van der Waals surface area contributed by atoms with Gasteiger partial charge in [0.2, 0.25) is 5.91 Å². The summed E-state index contributed by atoms with van der Waals surface area (Å²) in [5.41, 5.74) is 1.42. The van der Waals surface area contributed by atoms with Crippen LogP contribution in [0, 0.1) is 5.92 Å². The Morgan fingerprint density at radius 3 is 2.52 bits per heavy atom. The molecular weight excluding hydrogens is 433 g/mol. The van der Waals surface area contributed by atoms with Crippen LogP contribution in [0.2, 0.25) is 0 Å². The van der Waals surface area contributed by atoms with Crippen molar-refractivity contribution in [2.45, 2.75) is 38.3 Å². The lowest BCUT2D eigenvalue weighted by Gasteiger charge is -2.41. The number of nitrogens with one attached hydrogen (secondary N) is 1. The van der Waals surface area contributed by atoms with Crippen LogP contribution >= 0.6 is 24.8 Å². The topological polar surface area (TPSA) is 53.4 Å². The smallest absolute Gasteiger partial charge is 0.240 e. The molecule has 4 rings (SSSR count). The molecule has 3 heterocycles. The van der Waals surface area contributed by atoms with Crippen molar-refractivity contribution in [1.82, 2.24) is 24.7 Å². The van der Waals surface area contributed by atoms with Gasteiger partial charge in [-0.2, -0.15) is 0 Å². The van der Waals surface area contributed by atoms with E-state index in [0.29, 0.717) is 0 Å². The number of piperazine rings is 1. The Morgan fingerprint density at radius 2 is 1.87 bits per heavy atom. The van der Waals surface area contributed by atoms with Crippen molar-refractivity contribution in [3.05, 3.63) is 54.1 Å². The van der Waals surface area contributed by atoms with Crippen LogP contribution in [0.3, 0.4) is 0 Å². The van der Waals surface area contributed by atoms with E-state index in [1.807, 2.05) is 28.9 Å². The molecule has 8 heteroatoms. The van der Waals surface area contributed by atoms with Gasteiger partial charge in [0.05, 0.1) is 6.04 Å². The van der Waals surface area contributed by atoms with Crippen molar-refractivity contribution in [2.24, 2.45) is 13.0 Å². The van der Waals surface area contributed by atoms with Gasteiger partial charge in [-0.25, -0.2) is 4.98 Å². The molecule has 2 aliphatic heterocycles. The Kier molecular flexibility index (Phi) is 9.82. The summed E-state index contributed by atoms with van der Waals surface area (Å²) in [5, 5.41) is 3.42. The summed E-state index contributed by atoms with van der Waals surface area (Å²) in [5.74, 6) is 1.91. The fourth-order valence-electron chi connectivity index (χ4n) is 4.78. The van der Waals surface area contributed by atoms with Gasteiger partial charge in [-0.05, 0) is 50.8 Å². The minimum Gasteiger partial charge on any atom is -0.336 e. The molecule has 2 saturated heterocycles. The van der Waals surface area contributed by atoms with Gasteiger partial charge < -0.3 is 14.8 Å². The first kappa shape index (κ1) is 25.7. The SMILES string of the molecule is CC(C(=O)N1CCNCC1c1nccn1C)N1CCC(Cc2ccccc2)CC1.Cl.Cl. The van der Waals surface area contributed by atoms with Crippen LogP contribution < -0.4 is 5.32 Å².